The van der Waals surface area contributed by atoms with Crippen molar-refractivity contribution in [3.63, 3.8) is 0 Å². The molecule has 0 aliphatic carbocycles. The smallest absolute Gasteiger partial charge is 0.312 e. The zero-order valence-corrected chi connectivity index (χ0v) is 10.7. The van der Waals surface area contributed by atoms with Crippen LogP contribution in [0.3, 0.4) is 0 Å². The van der Waals surface area contributed by atoms with Gasteiger partial charge in [0.2, 0.25) is 0 Å². The minimum absolute atomic E-state index is 0.0554. The Hall–Kier alpha value is -0.290. The fraction of sp³-hybridized carbons (Fsp3) is 1.00. The lowest BCUT2D eigenvalue weighted by atomic mass is 10.1. The molecule has 0 radical (unpaired) electrons. The maximum atomic E-state index is 12.7. The fourth-order valence-electron chi connectivity index (χ4n) is 1.69. The first-order chi connectivity index (χ1) is 7.12. The summed E-state index contributed by atoms with van der Waals surface area (Å²) in [5, 5.41) is 5.64. The molecule has 0 heterocycles. The number of rotatable bonds is 6. The molecule has 2 unspecified atom stereocenters. The van der Waals surface area contributed by atoms with E-state index in [0.717, 1.165) is 0 Å². The molecule has 5 heteroatoms. The van der Waals surface area contributed by atoms with E-state index in [1.165, 1.54) is 0 Å². The maximum absolute atomic E-state index is 12.7. The first-order valence-electron chi connectivity index (χ1n) is 5.71. The third-order valence-corrected chi connectivity index (χ3v) is 2.14. The fourth-order valence-corrected chi connectivity index (χ4v) is 1.69. The molecular formula is C11H23F3N2. The van der Waals surface area contributed by atoms with Gasteiger partial charge < -0.3 is 10.6 Å². The van der Waals surface area contributed by atoms with Crippen molar-refractivity contribution in [1.82, 2.24) is 10.6 Å². The Kier molecular flexibility index (Phi) is 6.33. The summed E-state index contributed by atoms with van der Waals surface area (Å²) in [5.74, 6) is 0. The molecule has 0 bridgehead atoms. The zero-order valence-electron chi connectivity index (χ0n) is 10.7. The molecular weight excluding hydrogens is 217 g/mol. The lowest BCUT2D eigenvalue weighted by molar-refractivity contribution is -0.160. The van der Waals surface area contributed by atoms with Crippen LogP contribution < -0.4 is 10.6 Å². The molecule has 0 saturated carbocycles. The van der Waals surface area contributed by atoms with Gasteiger partial charge in [0.25, 0.3) is 0 Å². The summed E-state index contributed by atoms with van der Waals surface area (Å²) >= 11 is 0. The average molecular weight is 240 g/mol. The lowest BCUT2D eigenvalue weighted by Crippen LogP contribution is -2.49. The SMILES string of the molecule is CC(C)NC(C)CC(NC(C)C)C(F)(F)F. The second-order valence-electron chi connectivity index (χ2n) is 4.87. The number of hydrogen-bond acceptors (Lipinski definition) is 2. The van der Waals surface area contributed by atoms with Crippen LogP contribution in [-0.4, -0.2) is 30.3 Å². The summed E-state index contributed by atoms with van der Waals surface area (Å²) in [6.07, 6.45) is -4.13. The van der Waals surface area contributed by atoms with Gasteiger partial charge in [-0.15, -0.1) is 0 Å². The highest BCUT2D eigenvalue weighted by Crippen LogP contribution is 2.24. The average Bonchev–Trinajstić information content (AvgIpc) is 1.98. The molecule has 0 aromatic heterocycles. The quantitative estimate of drug-likeness (QED) is 0.746. The monoisotopic (exact) mass is 240 g/mol. The molecule has 0 rings (SSSR count). The second kappa shape index (κ2) is 6.45. The van der Waals surface area contributed by atoms with Crippen LogP contribution >= 0.6 is 0 Å². The van der Waals surface area contributed by atoms with Crippen molar-refractivity contribution in [3.8, 4) is 0 Å². The van der Waals surface area contributed by atoms with Crippen LogP contribution in [0.5, 0.6) is 0 Å². The summed E-state index contributed by atoms with van der Waals surface area (Å²) in [7, 11) is 0. The van der Waals surface area contributed by atoms with Crippen molar-refractivity contribution < 1.29 is 13.2 Å². The molecule has 16 heavy (non-hydrogen) atoms. The first-order valence-corrected chi connectivity index (χ1v) is 5.71. The number of hydrogen-bond donors (Lipinski definition) is 2. The summed E-state index contributed by atoms with van der Waals surface area (Å²) in [4.78, 5) is 0. The molecule has 2 N–H and O–H groups in total. The largest absolute Gasteiger partial charge is 0.403 e. The minimum Gasteiger partial charge on any atom is -0.312 e. The highest BCUT2D eigenvalue weighted by Gasteiger charge is 2.40. The summed E-state index contributed by atoms with van der Waals surface area (Å²) in [5.41, 5.74) is 0. The van der Waals surface area contributed by atoms with Crippen molar-refractivity contribution in [2.45, 2.75) is 71.4 Å². The van der Waals surface area contributed by atoms with Crippen LogP contribution in [0.2, 0.25) is 0 Å². The molecule has 0 saturated heterocycles. The van der Waals surface area contributed by atoms with Gasteiger partial charge in [0.1, 0.15) is 6.04 Å². The Morgan fingerprint density at radius 3 is 1.62 bits per heavy atom. The predicted octanol–water partition coefficient (Wildman–Crippen LogP) is 2.69. The Bertz CT molecular complexity index is 190. The highest BCUT2D eigenvalue weighted by atomic mass is 19.4. The number of alkyl halides is 3. The molecule has 2 atom stereocenters. The molecule has 0 spiro atoms. The van der Waals surface area contributed by atoms with Crippen LogP contribution in [0.15, 0.2) is 0 Å². The van der Waals surface area contributed by atoms with Gasteiger partial charge in [-0.1, -0.05) is 27.7 Å². The van der Waals surface area contributed by atoms with E-state index >= 15 is 0 Å². The van der Waals surface area contributed by atoms with Crippen molar-refractivity contribution in [2.75, 3.05) is 0 Å². The van der Waals surface area contributed by atoms with E-state index in [4.69, 9.17) is 0 Å². The van der Waals surface area contributed by atoms with Crippen LogP contribution in [0, 0.1) is 0 Å². The van der Waals surface area contributed by atoms with E-state index in [1.54, 1.807) is 20.8 Å². The molecule has 0 aliphatic rings. The van der Waals surface area contributed by atoms with Crippen molar-refractivity contribution in [2.24, 2.45) is 0 Å². The van der Waals surface area contributed by atoms with Crippen LogP contribution in [0.25, 0.3) is 0 Å². The van der Waals surface area contributed by atoms with E-state index in [9.17, 15) is 13.2 Å². The van der Waals surface area contributed by atoms with Gasteiger partial charge in [-0.05, 0) is 13.3 Å². The van der Waals surface area contributed by atoms with E-state index in [1.807, 2.05) is 13.8 Å². The number of halogens is 3. The van der Waals surface area contributed by atoms with E-state index in [-0.39, 0.29) is 24.5 Å². The molecule has 0 aromatic carbocycles. The van der Waals surface area contributed by atoms with Crippen molar-refractivity contribution in [3.05, 3.63) is 0 Å². The van der Waals surface area contributed by atoms with Crippen LogP contribution in [-0.2, 0) is 0 Å². The molecule has 0 aromatic rings. The van der Waals surface area contributed by atoms with Crippen molar-refractivity contribution in [1.29, 1.82) is 0 Å². The predicted molar refractivity (Wildman–Crippen MR) is 60.5 cm³/mol. The van der Waals surface area contributed by atoms with Gasteiger partial charge in [0.05, 0.1) is 0 Å². The Morgan fingerprint density at radius 1 is 0.875 bits per heavy atom. The third-order valence-electron chi connectivity index (χ3n) is 2.14. The lowest BCUT2D eigenvalue weighted by Gasteiger charge is -2.27. The van der Waals surface area contributed by atoms with Gasteiger partial charge in [-0.2, -0.15) is 13.2 Å². The maximum Gasteiger partial charge on any atom is 0.403 e. The minimum atomic E-state index is -4.18. The molecule has 2 nitrogen and oxygen atoms in total. The summed E-state index contributed by atoms with van der Waals surface area (Å²) in [6, 6.07) is -1.56. The Morgan fingerprint density at radius 2 is 1.31 bits per heavy atom. The highest BCUT2D eigenvalue weighted by molar-refractivity contribution is 4.81. The van der Waals surface area contributed by atoms with E-state index in [2.05, 4.69) is 10.6 Å². The zero-order chi connectivity index (χ0) is 12.9. The topological polar surface area (TPSA) is 24.1 Å². The first kappa shape index (κ1) is 15.7. The van der Waals surface area contributed by atoms with Crippen molar-refractivity contribution >= 4 is 0 Å². The van der Waals surface area contributed by atoms with Gasteiger partial charge in [0.15, 0.2) is 0 Å². The number of nitrogens with one attached hydrogen (secondary N) is 2. The van der Waals surface area contributed by atoms with E-state index < -0.39 is 12.2 Å². The second-order valence-corrected chi connectivity index (χ2v) is 4.87. The van der Waals surface area contributed by atoms with Gasteiger partial charge in [0, 0.05) is 18.1 Å². The van der Waals surface area contributed by atoms with Crippen LogP contribution in [0.4, 0.5) is 13.2 Å². The third kappa shape index (κ3) is 7.06. The molecule has 0 fully saturated rings. The van der Waals surface area contributed by atoms with Crippen LogP contribution in [0.1, 0.15) is 41.0 Å². The van der Waals surface area contributed by atoms with Gasteiger partial charge in [-0.25, -0.2) is 0 Å². The Labute approximate surface area is 96.0 Å². The Balaban J connectivity index is 4.32. The van der Waals surface area contributed by atoms with Gasteiger partial charge in [-0.3, -0.25) is 0 Å². The summed E-state index contributed by atoms with van der Waals surface area (Å²) in [6.45, 7) is 9.07. The molecule has 0 amide bonds. The normalized spacial score (nSPS) is 16.9. The standard InChI is InChI=1S/C11H23F3N2/c1-7(2)15-9(5)6-10(11(12,13)14)16-8(3)4/h7-10,15-16H,6H2,1-5H3. The van der Waals surface area contributed by atoms with E-state index in [0.29, 0.717) is 0 Å². The summed E-state index contributed by atoms with van der Waals surface area (Å²) < 4.78 is 38.1. The molecule has 0 aliphatic heterocycles. The molecule has 98 valence electrons. The van der Waals surface area contributed by atoms with Gasteiger partial charge >= 0.3 is 6.18 Å².